The second-order valence-corrected chi connectivity index (χ2v) is 11.0. The molecule has 0 saturated carbocycles. The van der Waals surface area contributed by atoms with E-state index >= 15 is 0 Å². The summed E-state index contributed by atoms with van der Waals surface area (Å²) in [6, 6.07) is 17.7. The summed E-state index contributed by atoms with van der Waals surface area (Å²) < 4.78 is 29.4. The number of nitrogens with one attached hydrogen (secondary N) is 2. The largest absolute Gasteiger partial charge is 0.508 e. The van der Waals surface area contributed by atoms with Gasteiger partial charge in [0.2, 0.25) is 5.91 Å². The highest BCUT2D eigenvalue weighted by Crippen LogP contribution is 2.35. The van der Waals surface area contributed by atoms with E-state index in [4.69, 9.17) is 0 Å². The lowest BCUT2D eigenvalue weighted by Crippen LogP contribution is -2.56. The Morgan fingerprint density at radius 1 is 1.02 bits per heavy atom. The van der Waals surface area contributed by atoms with Crippen LogP contribution in [0.25, 0.3) is 0 Å². The van der Waals surface area contributed by atoms with Gasteiger partial charge >= 0.3 is 0 Å². The molecule has 1 unspecified atom stereocenters. The fourth-order valence-corrected chi connectivity index (χ4v) is 5.82. The van der Waals surface area contributed by atoms with Crippen LogP contribution in [0.3, 0.4) is 0 Å². The third kappa shape index (κ3) is 6.13. The molecule has 3 amide bonds. The summed E-state index contributed by atoms with van der Waals surface area (Å²) in [7, 11) is 0. The number of halogens is 2. The van der Waals surface area contributed by atoms with E-state index in [1.165, 1.54) is 18.2 Å². The van der Waals surface area contributed by atoms with Crippen molar-refractivity contribution >= 4 is 17.7 Å². The van der Waals surface area contributed by atoms with Gasteiger partial charge in [0.15, 0.2) is 6.10 Å². The molecule has 0 radical (unpaired) electrons. The van der Waals surface area contributed by atoms with Crippen molar-refractivity contribution < 1.29 is 33.4 Å². The highest BCUT2D eigenvalue weighted by atomic mass is 19.3. The second-order valence-electron chi connectivity index (χ2n) is 11.0. The van der Waals surface area contributed by atoms with Crippen LogP contribution in [-0.2, 0) is 22.4 Å². The van der Waals surface area contributed by atoms with Crippen LogP contribution in [0.5, 0.6) is 5.75 Å². The van der Waals surface area contributed by atoms with Gasteiger partial charge in [-0.05, 0) is 55.0 Å². The number of aryl methyl sites for hydroxylation is 1. The average Bonchev–Trinajstić information content (AvgIpc) is 3.53. The van der Waals surface area contributed by atoms with Gasteiger partial charge in [0.25, 0.3) is 17.7 Å². The number of hydrogen-bond acceptors (Lipinski definition) is 5. The van der Waals surface area contributed by atoms with Gasteiger partial charge < -0.3 is 25.7 Å². The molecule has 1 aliphatic heterocycles. The van der Waals surface area contributed by atoms with Crippen molar-refractivity contribution in [2.24, 2.45) is 0 Å². The minimum absolute atomic E-state index is 0.0112. The Morgan fingerprint density at radius 3 is 2.50 bits per heavy atom. The van der Waals surface area contributed by atoms with Gasteiger partial charge in [-0.25, -0.2) is 8.78 Å². The molecule has 1 aliphatic carbocycles. The fourth-order valence-electron chi connectivity index (χ4n) is 5.82. The first-order valence-electron chi connectivity index (χ1n) is 13.9. The van der Waals surface area contributed by atoms with Crippen LogP contribution >= 0.6 is 0 Å². The molecule has 10 heteroatoms. The summed E-state index contributed by atoms with van der Waals surface area (Å²) in [5.41, 5.74) is 3.11. The SMILES string of the molecule is Cc1c(O)cccc1C(=O)N[C@@H](Cc1ccccc1)[C@H](O)C(=O)N1CC(F)(F)CC1C(=O)N[C@H]1CCc2ccccc21. The lowest BCUT2D eigenvalue weighted by molar-refractivity contribution is -0.147. The number of likely N-dealkylation sites (tertiary alicyclic amines) is 1. The lowest BCUT2D eigenvalue weighted by atomic mass is 9.98. The van der Waals surface area contributed by atoms with E-state index in [9.17, 15) is 33.4 Å². The first-order valence-corrected chi connectivity index (χ1v) is 13.9. The average molecular weight is 578 g/mol. The van der Waals surface area contributed by atoms with Gasteiger partial charge in [-0.2, -0.15) is 0 Å². The summed E-state index contributed by atoms with van der Waals surface area (Å²) in [5.74, 6) is -5.88. The fraction of sp³-hybridized carbons (Fsp3) is 0.344. The molecular weight excluding hydrogens is 544 g/mol. The monoisotopic (exact) mass is 577 g/mol. The summed E-state index contributed by atoms with van der Waals surface area (Å²) in [4.78, 5) is 40.9. The van der Waals surface area contributed by atoms with E-state index in [1.54, 1.807) is 37.3 Å². The van der Waals surface area contributed by atoms with Crippen molar-refractivity contribution in [3.63, 3.8) is 0 Å². The van der Waals surface area contributed by atoms with Crippen molar-refractivity contribution in [3.8, 4) is 5.75 Å². The third-order valence-corrected chi connectivity index (χ3v) is 8.10. The zero-order valence-corrected chi connectivity index (χ0v) is 23.1. The molecular formula is C32H33F2N3O5. The van der Waals surface area contributed by atoms with Crippen LogP contribution in [0.15, 0.2) is 72.8 Å². The van der Waals surface area contributed by atoms with Crippen LogP contribution in [0.4, 0.5) is 8.78 Å². The summed E-state index contributed by atoms with van der Waals surface area (Å²) in [6.07, 6.45) is -1.43. The maximum absolute atomic E-state index is 14.7. The number of hydrogen-bond donors (Lipinski definition) is 4. The molecule has 3 aromatic rings. The molecule has 4 N–H and O–H groups in total. The van der Waals surface area contributed by atoms with E-state index in [1.807, 2.05) is 24.3 Å². The molecule has 1 heterocycles. The Bertz CT molecular complexity index is 1480. The maximum atomic E-state index is 14.7. The van der Waals surface area contributed by atoms with Crippen molar-refractivity contribution in [2.45, 2.75) is 62.8 Å². The maximum Gasteiger partial charge on any atom is 0.267 e. The molecule has 1 fully saturated rings. The van der Waals surface area contributed by atoms with Crippen LogP contribution in [0.1, 0.15) is 51.5 Å². The number of carbonyl (C=O) groups is 3. The van der Waals surface area contributed by atoms with E-state index in [-0.39, 0.29) is 23.8 Å². The molecule has 220 valence electrons. The molecule has 1 saturated heterocycles. The number of rotatable bonds is 8. The lowest BCUT2D eigenvalue weighted by Gasteiger charge is -2.30. The van der Waals surface area contributed by atoms with Crippen molar-refractivity contribution in [2.75, 3.05) is 6.54 Å². The molecule has 4 atom stereocenters. The number of benzene rings is 3. The molecule has 0 bridgehead atoms. The highest BCUT2D eigenvalue weighted by molar-refractivity contribution is 5.97. The number of aromatic hydroxyl groups is 1. The first kappa shape index (κ1) is 29.2. The van der Waals surface area contributed by atoms with Crippen LogP contribution in [0.2, 0.25) is 0 Å². The number of aliphatic hydroxyl groups is 1. The Hall–Kier alpha value is -4.31. The minimum Gasteiger partial charge on any atom is -0.508 e. The number of nitrogens with zero attached hydrogens (tertiary/aromatic N) is 1. The quantitative estimate of drug-likeness (QED) is 0.327. The predicted molar refractivity (Wildman–Crippen MR) is 151 cm³/mol. The number of amides is 3. The molecule has 3 aromatic carbocycles. The summed E-state index contributed by atoms with van der Waals surface area (Å²) >= 11 is 0. The normalized spacial score (nSPS) is 20.4. The number of carbonyl (C=O) groups excluding carboxylic acids is 3. The molecule has 0 aromatic heterocycles. The van der Waals surface area contributed by atoms with E-state index in [0.29, 0.717) is 17.5 Å². The topological polar surface area (TPSA) is 119 Å². The molecule has 42 heavy (non-hydrogen) atoms. The second kappa shape index (κ2) is 11.9. The number of aliphatic hydroxyl groups excluding tert-OH is 1. The molecule has 5 rings (SSSR count). The zero-order chi connectivity index (χ0) is 30.0. The summed E-state index contributed by atoms with van der Waals surface area (Å²) in [5, 5.41) is 26.8. The number of alkyl halides is 2. The van der Waals surface area contributed by atoms with Crippen molar-refractivity contribution in [3.05, 3.63) is 101 Å². The number of phenolic OH excluding ortho intramolecular Hbond substituents is 1. The van der Waals surface area contributed by atoms with E-state index < -0.39 is 54.8 Å². The van der Waals surface area contributed by atoms with E-state index in [0.717, 1.165) is 22.4 Å². The molecule has 2 aliphatic rings. The summed E-state index contributed by atoms with van der Waals surface area (Å²) in [6.45, 7) is 0.524. The molecule has 8 nitrogen and oxygen atoms in total. The zero-order valence-electron chi connectivity index (χ0n) is 23.1. The Morgan fingerprint density at radius 2 is 1.74 bits per heavy atom. The number of phenols is 1. The van der Waals surface area contributed by atoms with Gasteiger partial charge in [0.05, 0.1) is 18.6 Å². The Balaban J connectivity index is 1.37. The van der Waals surface area contributed by atoms with Crippen molar-refractivity contribution in [1.82, 2.24) is 15.5 Å². The first-order chi connectivity index (χ1) is 20.0. The predicted octanol–water partition coefficient (Wildman–Crippen LogP) is 3.44. The van der Waals surface area contributed by atoms with E-state index in [2.05, 4.69) is 10.6 Å². The van der Waals surface area contributed by atoms with Crippen LogP contribution in [0, 0.1) is 6.92 Å². The standard InChI is InChI=1S/C32H33F2N3O5/c1-19-22(12-7-13-27(19)38)29(40)36-25(16-20-8-3-2-4-9-20)28(39)31(42)37-18-32(33,34)17-26(37)30(41)35-24-15-14-21-10-5-6-11-23(21)24/h2-13,24-26,28,38-39H,14-18H2,1H3,(H,35,41)(H,36,40)/t24-,25-,26?,28-/m0/s1. The smallest absolute Gasteiger partial charge is 0.267 e. The third-order valence-electron chi connectivity index (χ3n) is 8.10. The van der Waals surface area contributed by atoms with Gasteiger partial charge in [-0.3, -0.25) is 14.4 Å². The highest BCUT2D eigenvalue weighted by Gasteiger charge is 2.52. The van der Waals surface area contributed by atoms with Gasteiger partial charge in [0.1, 0.15) is 11.8 Å². The van der Waals surface area contributed by atoms with Gasteiger partial charge in [-0.1, -0.05) is 60.7 Å². The van der Waals surface area contributed by atoms with Crippen molar-refractivity contribution in [1.29, 1.82) is 0 Å². The van der Waals surface area contributed by atoms with Crippen LogP contribution in [-0.4, -0.2) is 63.5 Å². The number of fused-ring (bicyclic) bond motifs is 1. The minimum atomic E-state index is -3.33. The Labute approximate surface area is 242 Å². The van der Waals surface area contributed by atoms with Crippen LogP contribution < -0.4 is 10.6 Å². The van der Waals surface area contributed by atoms with Gasteiger partial charge in [0, 0.05) is 17.5 Å². The molecule has 0 spiro atoms. The Kier molecular flexibility index (Phi) is 8.27. The van der Waals surface area contributed by atoms with Gasteiger partial charge in [-0.15, -0.1) is 0 Å².